The Kier molecular flexibility index (Phi) is 6.54. The number of carbonyl (C=O) groups excluding carboxylic acids is 1. The van der Waals surface area contributed by atoms with E-state index in [1.807, 2.05) is 6.07 Å². The maximum Gasteiger partial charge on any atom is 0.339 e. The molecule has 1 N–H and O–H groups in total. The molecule has 0 radical (unpaired) electrons. The number of esters is 1. The second-order valence-corrected chi connectivity index (χ2v) is 9.65. The molecule has 0 saturated carbocycles. The number of fused-ring (bicyclic) bond motifs is 1. The van der Waals surface area contributed by atoms with E-state index < -0.39 is 16.0 Å². The lowest BCUT2D eigenvalue weighted by Gasteiger charge is -2.28. The molecule has 2 heterocycles. The lowest BCUT2D eigenvalue weighted by atomic mass is 9.83. The molecule has 9 heteroatoms. The molecule has 2 aliphatic rings. The highest BCUT2D eigenvalue weighted by molar-refractivity contribution is 7.89. The number of nitrogens with zero attached hydrogens (tertiary/aromatic N) is 2. The number of sulfonamides is 1. The Balaban J connectivity index is 1.63. The van der Waals surface area contributed by atoms with Gasteiger partial charge in [-0.3, -0.25) is 0 Å². The van der Waals surface area contributed by atoms with Crippen molar-refractivity contribution >= 4 is 21.8 Å². The van der Waals surface area contributed by atoms with Crippen molar-refractivity contribution in [3.63, 3.8) is 0 Å². The number of ether oxygens (including phenoxy) is 2. The van der Waals surface area contributed by atoms with Crippen molar-refractivity contribution in [3.05, 3.63) is 53.2 Å². The van der Waals surface area contributed by atoms with Gasteiger partial charge in [-0.05, 0) is 36.5 Å². The number of hydrogen-bond acceptors (Lipinski definition) is 7. The predicted molar refractivity (Wildman–Crippen MR) is 116 cm³/mol. The third kappa shape index (κ3) is 4.58. The van der Waals surface area contributed by atoms with Crippen LogP contribution in [0.3, 0.4) is 0 Å². The predicted octanol–water partition coefficient (Wildman–Crippen LogP) is 2.42. The van der Waals surface area contributed by atoms with Crippen molar-refractivity contribution in [1.82, 2.24) is 9.29 Å². The first kappa shape index (κ1) is 21.7. The van der Waals surface area contributed by atoms with Crippen molar-refractivity contribution in [2.75, 3.05) is 45.3 Å². The van der Waals surface area contributed by atoms with E-state index in [0.717, 1.165) is 19.3 Å². The number of methoxy groups -OCH3 is 1. The Morgan fingerprint density at radius 2 is 2.06 bits per heavy atom. The molecule has 1 aliphatic carbocycles. The molecule has 0 bridgehead atoms. The van der Waals surface area contributed by atoms with Gasteiger partial charge in [-0.2, -0.15) is 4.31 Å². The SMILES string of the molecule is COC(=O)c1cnc(NCC2CCCc3ccccc32)c(S(=O)(=O)N2CCOCC2)c1. The highest BCUT2D eigenvalue weighted by atomic mass is 32.2. The molecule has 4 rings (SSSR count). The Morgan fingerprint density at radius 3 is 2.84 bits per heavy atom. The number of nitrogens with one attached hydrogen (secondary N) is 1. The quantitative estimate of drug-likeness (QED) is 0.682. The number of anilines is 1. The zero-order valence-corrected chi connectivity index (χ0v) is 18.4. The summed E-state index contributed by atoms with van der Waals surface area (Å²) in [7, 11) is -2.59. The fraction of sp³-hybridized carbons (Fsp3) is 0.455. The summed E-state index contributed by atoms with van der Waals surface area (Å²) in [5.74, 6) is -0.105. The molecule has 31 heavy (non-hydrogen) atoms. The monoisotopic (exact) mass is 445 g/mol. The lowest BCUT2D eigenvalue weighted by molar-refractivity contribution is 0.0600. The molecule has 1 aromatic carbocycles. The van der Waals surface area contributed by atoms with Crippen molar-refractivity contribution in [1.29, 1.82) is 0 Å². The first-order chi connectivity index (χ1) is 15.0. The number of rotatable bonds is 6. The van der Waals surface area contributed by atoms with Gasteiger partial charge in [0.05, 0.1) is 25.9 Å². The van der Waals surface area contributed by atoms with Gasteiger partial charge in [-0.25, -0.2) is 18.2 Å². The van der Waals surface area contributed by atoms with Crippen LogP contribution in [0.5, 0.6) is 0 Å². The number of aromatic nitrogens is 1. The maximum atomic E-state index is 13.4. The molecule has 0 spiro atoms. The van der Waals surface area contributed by atoms with Crippen molar-refractivity contribution in [2.24, 2.45) is 0 Å². The maximum absolute atomic E-state index is 13.4. The molecular formula is C22H27N3O5S. The Hall–Kier alpha value is -2.49. The second kappa shape index (κ2) is 9.33. The molecule has 166 valence electrons. The fourth-order valence-electron chi connectivity index (χ4n) is 4.22. The van der Waals surface area contributed by atoms with Gasteiger partial charge >= 0.3 is 5.97 Å². The minimum atomic E-state index is -3.85. The van der Waals surface area contributed by atoms with E-state index in [1.165, 1.54) is 34.8 Å². The van der Waals surface area contributed by atoms with Crippen LogP contribution in [0, 0.1) is 0 Å². The average Bonchev–Trinajstić information content (AvgIpc) is 2.82. The fourth-order valence-corrected chi connectivity index (χ4v) is 5.77. The van der Waals surface area contributed by atoms with Gasteiger partial charge in [0.15, 0.2) is 0 Å². The summed E-state index contributed by atoms with van der Waals surface area (Å²) in [6.45, 7) is 1.77. The standard InChI is InChI=1S/C22H27N3O5S/c1-29-22(26)18-13-20(31(27,28)25-9-11-30-12-10-25)21(24-15-18)23-14-17-7-4-6-16-5-2-3-8-19(16)17/h2-3,5,8,13,15,17H,4,6-7,9-12,14H2,1H3,(H,23,24). The summed E-state index contributed by atoms with van der Waals surface area (Å²) in [4.78, 5) is 16.3. The van der Waals surface area contributed by atoms with Gasteiger partial charge in [0.25, 0.3) is 0 Å². The largest absolute Gasteiger partial charge is 0.465 e. The van der Waals surface area contributed by atoms with Gasteiger partial charge < -0.3 is 14.8 Å². The van der Waals surface area contributed by atoms with Crippen molar-refractivity contribution in [3.8, 4) is 0 Å². The van der Waals surface area contributed by atoms with Crippen molar-refractivity contribution in [2.45, 2.75) is 30.1 Å². The molecular weight excluding hydrogens is 418 g/mol. The Labute approximate surface area is 182 Å². The average molecular weight is 446 g/mol. The molecule has 8 nitrogen and oxygen atoms in total. The van der Waals surface area contributed by atoms with Gasteiger partial charge in [0.2, 0.25) is 10.0 Å². The van der Waals surface area contributed by atoms with E-state index in [0.29, 0.717) is 19.8 Å². The van der Waals surface area contributed by atoms with Crippen LogP contribution in [0.4, 0.5) is 5.82 Å². The summed E-state index contributed by atoms with van der Waals surface area (Å²) in [5, 5.41) is 3.25. The zero-order valence-electron chi connectivity index (χ0n) is 17.5. The number of aryl methyl sites for hydroxylation is 1. The van der Waals surface area contributed by atoms with Crippen molar-refractivity contribution < 1.29 is 22.7 Å². The summed E-state index contributed by atoms with van der Waals surface area (Å²) in [5.41, 5.74) is 2.74. The van der Waals surface area contributed by atoms with Gasteiger partial charge in [0.1, 0.15) is 10.7 Å². The smallest absolute Gasteiger partial charge is 0.339 e. The number of carbonyl (C=O) groups is 1. The van der Waals surface area contributed by atoms with Crippen LogP contribution in [0.2, 0.25) is 0 Å². The molecule has 1 saturated heterocycles. The highest BCUT2D eigenvalue weighted by Gasteiger charge is 2.31. The Morgan fingerprint density at radius 1 is 1.29 bits per heavy atom. The molecule has 1 fully saturated rings. The van der Waals surface area contributed by atoms with E-state index >= 15 is 0 Å². The van der Waals surface area contributed by atoms with Gasteiger partial charge in [-0.15, -0.1) is 0 Å². The second-order valence-electron chi connectivity index (χ2n) is 7.75. The molecule has 2 aromatic rings. The number of morpholine rings is 1. The summed E-state index contributed by atoms with van der Waals surface area (Å²) >= 11 is 0. The summed E-state index contributed by atoms with van der Waals surface area (Å²) in [6, 6.07) is 9.73. The number of benzene rings is 1. The molecule has 1 unspecified atom stereocenters. The molecule has 1 aromatic heterocycles. The summed E-state index contributed by atoms with van der Waals surface area (Å²) in [6.07, 6.45) is 4.53. The van der Waals surface area contributed by atoms with Crippen LogP contribution < -0.4 is 5.32 Å². The lowest BCUT2D eigenvalue weighted by Crippen LogP contribution is -2.41. The van der Waals surface area contributed by atoms with E-state index in [4.69, 9.17) is 9.47 Å². The molecule has 0 amide bonds. The van der Waals surface area contributed by atoms with E-state index in [1.54, 1.807) is 0 Å². The number of hydrogen-bond donors (Lipinski definition) is 1. The minimum Gasteiger partial charge on any atom is -0.465 e. The normalized spacial score (nSPS) is 19.5. The first-order valence-electron chi connectivity index (χ1n) is 10.5. The van der Waals surface area contributed by atoms with Gasteiger partial charge in [-0.1, -0.05) is 24.3 Å². The van der Waals surface area contributed by atoms with E-state index in [-0.39, 0.29) is 35.3 Å². The Bertz CT molecular complexity index is 1050. The van der Waals surface area contributed by atoms with Crippen LogP contribution in [-0.2, 0) is 25.9 Å². The summed E-state index contributed by atoms with van der Waals surface area (Å²) < 4.78 is 38.1. The topological polar surface area (TPSA) is 97.8 Å². The van der Waals surface area contributed by atoms with Crippen LogP contribution in [-0.4, -0.2) is 63.6 Å². The van der Waals surface area contributed by atoms with Crippen LogP contribution in [0.15, 0.2) is 41.4 Å². The van der Waals surface area contributed by atoms with Crippen LogP contribution >= 0.6 is 0 Å². The molecule has 1 aliphatic heterocycles. The first-order valence-corrected chi connectivity index (χ1v) is 11.9. The molecule has 1 atom stereocenters. The van der Waals surface area contributed by atoms with Gasteiger partial charge in [0, 0.05) is 31.7 Å². The van der Waals surface area contributed by atoms with E-state index in [9.17, 15) is 13.2 Å². The number of pyridine rings is 1. The third-order valence-corrected chi connectivity index (χ3v) is 7.78. The zero-order chi connectivity index (χ0) is 21.8. The van der Waals surface area contributed by atoms with Crippen LogP contribution in [0.25, 0.3) is 0 Å². The van der Waals surface area contributed by atoms with E-state index in [2.05, 4.69) is 28.5 Å². The highest BCUT2D eigenvalue weighted by Crippen LogP contribution is 2.32. The van der Waals surface area contributed by atoms with Crippen LogP contribution in [0.1, 0.15) is 40.2 Å². The minimum absolute atomic E-state index is 0.0126. The third-order valence-electron chi connectivity index (χ3n) is 5.87.